The van der Waals surface area contributed by atoms with E-state index in [1.807, 2.05) is 6.07 Å². The first kappa shape index (κ1) is 22.2. The minimum atomic E-state index is -5.08. The van der Waals surface area contributed by atoms with E-state index in [9.17, 15) is 18.0 Å². The summed E-state index contributed by atoms with van der Waals surface area (Å²) in [6.07, 6.45) is -1.83. The van der Waals surface area contributed by atoms with E-state index in [1.165, 1.54) is 16.7 Å². The lowest BCUT2D eigenvalue weighted by molar-refractivity contribution is -0.192. The molecule has 4 rings (SSSR count). The average Bonchev–Trinajstić information content (AvgIpc) is 3.28. The number of carbonyl (C=O) groups excluding carboxylic acids is 1. The highest BCUT2D eigenvalue weighted by Crippen LogP contribution is 2.28. The number of fused-ring (bicyclic) bond motifs is 1. The molecule has 1 amide bonds. The Morgan fingerprint density at radius 2 is 1.90 bits per heavy atom. The number of nitrogens with zero attached hydrogens (tertiary/aromatic N) is 2. The fraction of sp³-hybridized carbons (Fsp3) is 0.474. The van der Waals surface area contributed by atoms with Crippen LogP contribution in [0.3, 0.4) is 0 Å². The monoisotopic (exact) mass is 442 g/mol. The number of carboxylic acids is 1. The minimum absolute atomic E-state index is 0.00482. The molecular formula is C19H21F3N4O3S. The molecule has 1 aromatic carbocycles. The largest absolute Gasteiger partial charge is 0.490 e. The zero-order valence-electron chi connectivity index (χ0n) is 16.2. The molecule has 162 valence electrons. The Bertz CT molecular complexity index is 942. The Hall–Kier alpha value is -2.53. The number of hydrogen-bond donors (Lipinski definition) is 3. The van der Waals surface area contributed by atoms with Crippen molar-refractivity contribution < 1.29 is 27.9 Å². The summed E-state index contributed by atoms with van der Waals surface area (Å²) < 4.78 is 31.7. The van der Waals surface area contributed by atoms with Crippen LogP contribution in [0, 0.1) is 6.92 Å². The maximum Gasteiger partial charge on any atom is 0.490 e. The first-order valence-corrected chi connectivity index (χ1v) is 10.2. The second kappa shape index (κ2) is 9.09. The van der Waals surface area contributed by atoms with Gasteiger partial charge in [-0.15, -0.1) is 10.2 Å². The van der Waals surface area contributed by atoms with Crippen LogP contribution >= 0.6 is 11.3 Å². The maximum absolute atomic E-state index is 12.5. The molecule has 11 heteroatoms. The molecule has 2 aromatic rings. The van der Waals surface area contributed by atoms with E-state index >= 15 is 0 Å². The van der Waals surface area contributed by atoms with Gasteiger partial charge in [-0.3, -0.25) is 4.79 Å². The summed E-state index contributed by atoms with van der Waals surface area (Å²) >= 11 is 1.60. The molecule has 1 aliphatic heterocycles. The molecule has 0 radical (unpaired) electrons. The van der Waals surface area contributed by atoms with Gasteiger partial charge in [-0.2, -0.15) is 13.2 Å². The summed E-state index contributed by atoms with van der Waals surface area (Å²) in [5.41, 5.74) is 4.74. The molecule has 0 bridgehead atoms. The quantitative estimate of drug-likeness (QED) is 0.673. The molecule has 1 aromatic heterocycles. The van der Waals surface area contributed by atoms with Crippen LogP contribution in [-0.4, -0.2) is 46.4 Å². The first-order chi connectivity index (χ1) is 14.2. The predicted octanol–water partition coefficient (Wildman–Crippen LogP) is 2.59. The number of halogens is 3. The Kier molecular flexibility index (Phi) is 6.71. The van der Waals surface area contributed by atoms with Gasteiger partial charge in [-0.25, -0.2) is 4.79 Å². The number of amides is 1. The van der Waals surface area contributed by atoms with E-state index < -0.39 is 12.1 Å². The van der Waals surface area contributed by atoms with E-state index in [1.54, 1.807) is 11.3 Å². The Morgan fingerprint density at radius 1 is 1.23 bits per heavy atom. The molecule has 30 heavy (non-hydrogen) atoms. The van der Waals surface area contributed by atoms with Crippen molar-refractivity contribution in [2.45, 2.75) is 44.8 Å². The molecule has 1 saturated heterocycles. The Labute approximate surface area is 174 Å². The van der Waals surface area contributed by atoms with Gasteiger partial charge in [0.1, 0.15) is 10.0 Å². The molecule has 2 aliphatic rings. The number of carbonyl (C=O) groups is 2. The van der Waals surface area contributed by atoms with Crippen LogP contribution in [0.5, 0.6) is 0 Å². The summed E-state index contributed by atoms with van der Waals surface area (Å²) in [4.78, 5) is 21.4. The standard InChI is InChI=1S/C17H20N4OS.C2HF3O2/c1-10-5-6-14(13-4-2-3-12(10)13)16(22)19-9-15-20-21-17(23-15)11-7-18-8-11;3-2(4,5)1(6)7/h5-6,11,18H,2-4,7-9H2,1H3,(H,19,22);(H,6,7). The molecule has 7 nitrogen and oxygen atoms in total. The van der Waals surface area contributed by atoms with Crippen LogP contribution in [0.15, 0.2) is 12.1 Å². The van der Waals surface area contributed by atoms with Crippen LogP contribution in [-0.2, 0) is 24.2 Å². The van der Waals surface area contributed by atoms with Crippen molar-refractivity contribution in [3.8, 4) is 0 Å². The van der Waals surface area contributed by atoms with Gasteiger partial charge >= 0.3 is 12.1 Å². The molecule has 0 spiro atoms. The lowest BCUT2D eigenvalue weighted by Gasteiger charge is -2.23. The summed E-state index contributed by atoms with van der Waals surface area (Å²) in [6, 6.07) is 4.02. The van der Waals surface area contributed by atoms with Crippen molar-refractivity contribution in [2.75, 3.05) is 13.1 Å². The van der Waals surface area contributed by atoms with Gasteiger partial charge in [0.15, 0.2) is 0 Å². The van der Waals surface area contributed by atoms with Crippen molar-refractivity contribution in [1.82, 2.24) is 20.8 Å². The highest BCUT2D eigenvalue weighted by Gasteiger charge is 2.38. The molecular weight excluding hydrogens is 421 g/mol. The number of aliphatic carboxylic acids is 1. The Morgan fingerprint density at radius 3 is 2.50 bits per heavy atom. The van der Waals surface area contributed by atoms with E-state index in [-0.39, 0.29) is 5.91 Å². The third-order valence-corrected chi connectivity index (χ3v) is 6.11. The fourth-order valence-corrected chi connectivity index (χ4v) is 4.20. The summed E-state index contributed by atoms with van der Waals surface area (Å²) in [5.74, 6) is -2.25. The Balaban J connectivity index is 0.000000318. The second-order valence-corrected chi connectivity index (χ2v) is 8.21. The molecule has 0 atom stereocenters. The van der Waals surface area contributed by atoms with E-state index in [2.05, 4.69) is 33.8 Å². The van der Waals surface area contributed by atoms with Gasteiger partial charge in [0.05, 0.1) is 6.54 Å². The third-order valence-electron chi connectivity index (χ3n) is 5.02. The zero-order valence-corrected chi connectivity index (χ0v) is 17.0. The number of alkyl halides is 3. The molecule has 2 heterocycles. The maximum atomic E-state index is 12.5. The molecule has 1 fully saturated rings. The van der Waals surface area contributed by atoms with E-state index in [0.717, 1.165) is 47.9 Å². The highest BCUT2D eigenvalue weighted by molar-refractivity contribution is 7.11. The van der Waals surface area contributed by atoms with Crippen LogP contribution in [0.25, 0.3) is 0 Å². The van der Waals surface area contributed by atoms with Crippen molar-refractivity contribution in [3.05, 3.63) is 44.4 Å². The number of nitrogens with one attached hydrogen (secondary N) is 2. The minimum Gasteiger partial charge on any atom is -0.475 e. The van der Waals surface area contributed by atoms with Gasteiger partial charge in [-0.1, -0.05) is 17.4 Å². The van der Waals surface area contributed by atoms with Gasteiger partial charge in [0.25, 0.3) is 5.91 Å². The van der Waals surface area contributed by atoms with Crippen molar-refractivity contribution in [3.63, 3.8) is 0 Å². The smallest absolute Gasteiger partial charge is 0.475 e. The van der Waals surface area contributed by atoms with Crippen molar-refractivity contribution in [1.29, 1.82) is 0 Å². The van der Waals surface area contributed by atoms with Crippen LogP contribution in [0.4, 0.5) is 13.2 Å². The third kappa shape index (κ3) is 5.14. The number of hydrogen-bond acceptors (Lipinski definition) is 6. The number of aromatic nitrogens is 2. The summed E-state index contributed by atoms with van der Waals surface area (Å²) in [6.45, 7) is 4.55. The first-order valence-electron chi connectivity index (χ1n) is 9.39. The highest BCUT2D eigenvalue weighted by atomic mass is 32.1. The van der Waals surface area contributed by atoms with Crippen LogP contribution in [0.2, 0.25) is 0 Å². The number of aryl methyl sites for hydroxylation is 1. The topological polar surface area (TPSA) is 104 Å². The van der Waals surface area contributed by atoms with E-state index in [0.29, 0.717) is 12.5 Å². The van der Waals surface area contributed by atoms with Crippen molar-refractivity contribution in [2.24, 2.45) is 0 Å². The fourth-order valence-electron chi connectivity index (χ4n) is 3.32. The van der Waals surface area contributed by atoms with Gasteiger partial charge in [0, 0.05) is 24.6 Å². The normalized spacial score (nSPS) is 15.6. The molecule has 3 N–H and O–H groups in total. The number of carboxylic acid groups (broad SMARTS) is 1. The lowest BCUT2D eigenvalue weighted by atomic mass is 9.98. The SMILES string of the molecule is Cc1ccc(C(=O)NCc2nnc(C3CNC3)s2)c2c1CCC2.O=C(O)C(F)(F)F. The van der Waals surface area contributed by atoms with Gasteiger partial charge in [0.2, 0.25) is 0 Å². The van der Waals surface area contributed by atoms with Crippen LogP contribution in [0.1, 0.15) is 49.4 Å². The number of benzene rings is 1. The average molecular weight is 442 g/mol. The molecule has 0 saturated carbocycles. The predicted molar refractivity (Wildman–Crippen MR) is 104 cm³/mol. The number of rotatable bonds is 4. The summed E-state index contributed by atoms with van der Waals surface area (Å²) in [7, 11) is 0. The van der Waals surface area contributed by atoms with Gasteiger partial charge < -0.3 is 15.7 Å². The molecule has 1 aliphatic carbocycles. The van der Waals surface area contributed by atoms with Crippen molar-refractivity contribution >= 4 is 23.2 Å². The zero-order chi connectivity index (χ0) is 21.9. The van der Waals surface area contributed by atoms with Crippen LogP contribution < -0.4 is 10.6 Å². The second-order valence-electron chi connectivity index (χ2n) is 7.12. The summed E-state index contributed by atoms with van der Waals surface area (Å²) in [5, 5.41) is 23.8. The lowest BCUT2D eigenvalue weighted by Crippen LogP contribution is -2.39. The van der Waals surface area contributed by atoms with E-state index in [4.69, 9.17) is 9.90 Å². The van der Waals surface area contributed by atoms with Gasteiger partial charge in [-0.05, 0) is 48.9 Å². The molecule has 0 unspecified atom stereocenters.